The second kappa shape index (κ2) is 23.0. The molecule has 0 N–H and O–H groups in total. The Morgan fingerprint density at radius 1 is 0.786 bits per heavy atom. The molecule has 2 rings (SSSR count). The van der Waals surface area contributed by atoms with Crippen molar-refractivity contribution in [3.05, 3.63) is 29.8 Å². The van der Waals surface area contributed by atoms with Crippen molar-refractivity contribution in [2.75, 3.05) is 19.8 Å². The van der Waals surface area contributed by atoms with Gasteiger partial charge in [-0.3, -0.25) is 8.98 Å². The molecule has 0 aliphatic carbocycles. The molecule has 0 radical (unpaired) electrons. The first-order valence-electron chi connectivity index (χ1n) is 16.8. The van der Waals surface area contributed by atoms with E-state index in [1.54, 1.807) is 24.3 Å². The third-order valence-electron chi connectivity index (χ3n) is 7.86. The third kappa shape index (κ3) is 17.6. The summed E-state index contributed by atoms with van der Waals surface area (Å²) in [5.74, 6) is -0.266. The number of carbonyl (C=O) groups is 1. The van der Waals surface area contributed by atoms with E-state index in [1.165, 1.54) is 89.9 Å². The van der Waals surface area contributed by atoms with Gasteiger partial charge in [-0.2, -0.15) is 8.42 Å². The van der Waals surface area contributed by atoms with Crippen LogP contribution in [-0.2, 0) is 33.3 Å². The highest BCUT2D eigenvalue weighted by Crippen LogP contribution is 2.20. The summed E-state index contributed by atoms with van der Waals surface area (Å²) >= 11 is 0. The smallest absolute Gasteiger partial charge is 0.305 e. The SMILES string of the molecule is CCCCCCCCCCCCCCCCC[C@@H]1OC[C@@H](COC(=O)CCCCCOS(=O)(=O)c2ccc(C)cc2)O1. The average molecular weight is 611 g/mol. The van der Waals surface area contributed by atoms with Crippen molar-refractivity contribution in [2.45, 2.75) is 160 Å². The zero-order chi connectivity index (χ0) is 30.3. The molecule has 242 valence electrons. The lowest BCUT2D eigenvalue weighted by molar-refractivity contribution is -0.148. The van der Waals surface area contributed by atoms with Gasteiger partial charge in [-0.25, -0.2) is 0 Å². The van der Waals surface area contributed by atoms with Gasteiger partial charge in [-0.15, -0.1) is 0 Å². The van der Waals surface area contributed by atoms with Crippen LogP contribution in [0.25, 0.3) is 0 Å². The van der Waals surface area contributed by atoms with Gasteiger partial charge in [-0.1, -0.05) is 121 Å². The lowest BCUT2D eigenvalue weighted by Crippen LogP contribution is -2.21. The van der Waals surface area contributed by atoms with Crippen LogP contribution in [-0.4, -0.2) is 46.6 Å². The van der Waals surface area contributed by atoms with E-state index < -0.39 is 10.1 Å². The molecule has 0 aromatic heterocycles. The summed E-state index contributed by atoms with van der Waals surface area (Å²) in [6, 6.07) is 6.57. The molecule has 8 heteroatoms. The summed E-state index contributed by atoms with van der Waals surface area (Å²) in [7, 11) is -3.74. The van der Waals surface area contributed by atoms with Gasteiger partial charge in [0.1, 0.15) is 12.7 Å². The summed E-state index contributed by atoms with van der Waals surface area (Å²) < 4.78 is 46.4. The first-order valence-corrected chi connectivity index (χ1v) is 18.2. The molecule has 0 saturated carbocycles. The Morgan fingerprint density at radius 3 is 1.93 bits per heavy atom. The number of hydrogen-bond acceptors (Lipinski definition) is 7. The quantitative estimate of drug-likeness (QED) is 0.0588. The van der Waals surface area contributed by atoms with E-state index in [0.29, 0.717) is 32.3 Å². The minimum absolute atomic E-state index is 0.0965. The number of rotatable bonds is 26. The summed E-state index contributed by atoms with van der Waals surface area (Å²) in [5, 5.41) is 0. The van der Waals surface area contributed by atoms with E-state index in [9.17, 15) is 13.2 Å². The van der Waals surface area contributed by atoms with Gasteiger partial charge in [0, 0.05) is 6.42 Å². The Labute approximate surface area is 256 Å². The van der Waals surface area contributed by atoms with Crippen LogP contribution in [0.1, 0.15) is 141 Å². The van der Waals surface area contributed by atoms with Crippen LogP contribution in [0.2, 0.25) is 0 Å². The van der Waals surface area contributed by atoms with Crippen LogP contribution in [0.15, 0.2) is 29.2 Å². The maximum absolute atomic E-state index is 12.2. The first kappa shape index (κ1) is 36.7. The second-order valence-electron chi connectivity index (χ2n) is 11.8. The normalized spacial score (nSPS) is 17.1. The predicted octanol–water partition coefficient (Wildman–Crippen LogP) is 8.81. The van der Waals surface area contributed by atoms with Crippen molar-refractivity contribution in [2.24, 2.45) is 0 Å². The number of benzene rings is 1. The molecule has 1 heterocycles. The molecule has 1 aromatic carbocycles. The van der Waals surface area contributed by atoms with Gasteiger partial charge in [0.15, 0.2) is 6.29 Å². The highest BCUT2D eigenvalue weighted by molar-refractivity contribution is 7.86. The van der Waals surface area contributed by atoms with Crippen molar-refractivity contribution in [1.29, 1.82) is 0 Å². The average Bonchev–Trinajstić information content (AvgIpc) is 3.43. The van der Waals surface area contributed by atoms with E-state index >= 15 is 0 Å². The molecule has 1 aromatic rings. The van der Waals surface area contributed by atoms with Crippen LogP contribution in [0.3, 0.4) is 0 Å². The number of aryl methyl sites for hydroxylation is 1. The Kier molecular flexibility index (Phi) is 20.1. The Hall–Kier alpha value is -1.48. The molecule has 0 bridgehead atoms. The molecule has 1 fully saturated rings. The standard InChI is InChI=1S/C34H58O7S/c1-3-4-5-6-7-8-9-10-11-12-13-14-15-16-19-22-34-39-29-31(41-34)28-38-33(35)21-18-17-20-27-40-42(36,37)32-25-23-30(2)24-26-32/h23-26,31,34H,3-22,27-29H2,1-2H3/t31-,34-/m1/s1. The van der Waals surface area contributed by atoms with Gasteiger partial charge in [-0.05, 0) is 44.7 Å². The molecule has 2 atom stereocenters. The van der Waals surface area contributed by atoms with Gasteiger partial charge in [0.25, 0.3) is 10.1 Å². The lowest BCUT2D eigenvalue weighted by atomic mass is 10.0. The van der Waals surface area contributed by atoms with Crippen LogP contribution >= 0.6 is 0 Å². The summed E-state index contributed by atoms with van der Waals surface area (Å²) in [5.41, 5.74) is 0.989. The zero-order valence-electron chi connectivity index (χ0n) is 26.5. The fourth-order valence-corrected chi connectivity index (χ4v) is 6.12. The summed E-state index contributed by atoms with van der Waals surface area (Å²) in [6.45, 7) is 4.95. The van der Waals surface area contributed by atoms with Crippen LogP contribution in [0, 0.1) is 6.92 Å². The molecule has 1 aliphatic rings. The van der Waals surface area contributed by atoms with Crippen molar-refractivity contribution in [1.82, 2.24) is 0 Å². The number of carbonyl (C=O) groups excluding carboxylic acids is 1. The molecule has 0 spiro atoms. The fourth-order valence-electron chi connectivity index (χ4n) is 5.18. The highest BCUT2D eigenvalue weighted by atomic mass is 32.2. The van der Waals surface area contributed by atoms with Gasteiger partial charge < -0.3 is 14.2 Å². The maximum Gasteiger partial charge on any atom is 0.305 e. The fraction of sp³-hybridized carbons (Fsp3) is 0.794. The summed E-state index contributed by atoms with van der Waals surface area (Å²) in [6.07, 6.45) is 22.9. The van der Waals surface area contributed by atoms with Crippen LogP contribution in [0.4, 0.5) is 0 Å². The largest absolute Gasteiger partial charge is 0.463 e. The number of unbranched alkanes of at least 4 members (excludes halogenated alkanes) is 16. The van der Waals surface area contributed by atoms with Crippen LogP contribution in [0.5, 0.6) is 0 Å². The molecule has 7 nitrogen and oxygen atoms in total. The monoisotopic (exact) mass is 610 g/mol. The molecule has 0 amide bonds. The first-order chi connectivity index (χ1) is 20.4. The number of ether oxygens (including phenoxy) is 3. The van der Waals surface area contributed by atoms with Crippen molar-refractivity contribution in [3.8, 4) is 0 Å². The molecule has 42 heavy (non-hydrogen) atoms. The summed E-state index contributed by atoms with van der Waals surface area (Å²) in [4.78, 5) is 12.2. The van der Waals surface area contributed by atoms with E-state index in [4.69, 9.17) is 18.4 Å². The zero-order valence-corrected chi connectivity index (χ0v) is 27.3. The highest BCUT2D eigenvalue weighted by Gasteiger charge is 2.26. The van der Waals surface area contributed by atoms with Gasteiger partial charge in [0.05, 0.1) is 18.1 Å². The van der Waals surface area contributed by atoms with Crippen molar-refractivity contribution in [3.63, 3.8) is 0 Å². The van der Waals surface area contributed by atoms with Gasteiger partial charge >= 0.3 is 5.97 Å². The minimum Gasteiger partial charge on any atom is -0.463 e. The van der Waals surface area contributed by atoms with Crippen molar-refractivity contribution < 1.29 is 31.6 Å². The minimum atomic E-state index is -3.74. The van der Waals surface area contributed by atoms with Crippen molar-refractivity contribution >= 4 is 16.1 Å². The number of esters is 1. The second-order valence-corrected chi connectivity index (χ2v) is 13.5. The third-order valence-corrected chi connectivity index (χ3v) is 9.19. The van der Waals surface area contributed by atoms with E-state index in [0.717, 1.165) is 18.4 Å². The Morgan fingerprint density at radius 2 is 1.33 bits per heavy atom. The molecule has 1 aliphatic heterocycles. The molecular formula is C34H58O7S. The van der Waals surface area contributed by atoms with Crippen LogP contribution < -0.4 is 0 Å². The number of hydrogen-bond donors (Lipinski definition) is 0. The lowest BCUT2D eigenvalue weighted by Gasteiger charge is -2.12. The molecule has 0 unspecified atom stereocenters. The van der Waals surface area contributed by atoms with Gasteiger partial charge in [0.2, 0.25) is 0 Å². The molecule has 1 saturated heterocycles. The van der Waals surface area contributed by atoms with E-state index in [2.05, 4.69) is 6.92 Å². The molecular weight excluding hydrogens is 552 g/mol. The van der Waals surface area contributed by atoms with E-state index in [1.807, 2.05) is 6.92 Å². The Bertz CT molecular complexity index is 916. The Balaban J connectivity index is 1.35. The topological polar surface area (TPSA) is 88.1 Å². The predicted molar refractivity (Wildman–Crippen MR) is 168 cm³/mol. The maximum atomic E-state index is 12.2. The van der Waals surface area contributed by atoms with E-state index in [-0.39, 0.29) is 36.5 Å².